The van der Waals surface area contributed by atoms with E-state index in [1.807, 2.05) is 23.7 Å². The zero-order valence-electron chi connectivity index (χ0n) is 14.3. The first-order valence-corrected chi connectivity index (χ1v) is 8.61. The van der Waals surface area contributed by atoms with Gasteiger partial charge in [0, 0.05) is 6.04 Å². The first-order valence-electron chi connectivity index (χ1n) is 8.61. The lowest BCUT2D eigenvalue weighted by Gasteiger charge is -2.22. The molecule has 0 aliphatic carbocycles. The topological polar surface area (TPSA) is 71.8 Å². The maximum absolute atomic E-state index is 12.4. The lowest BCUT2D eigenvalue weighted by atomic mass is 10.0. The highest BCUT2D eigenvalue weighted by Gasteiger charge is 2.19. The minimum Gasteiger partial charge on any atom is -0.348 e. The van der Waals surface area contributed by atoms with Gasteiger partial charge in [-0.2, -0.15) is 0 Å². The number of hydrogen-bond acceptors (Lipinski definition) is 4. The van der Waals surface area contributed by atoms with Crippen LogP contribution in [0.5, 0.6) is 0 Å². The van der Waals surface area contributed by atoms with Gasteiger partial charge in [0.1, 0.15) is 0 Å². The number of carbonyl (C=O) groups is 1. The van der Waals surface area contributed by atoms with Crippen LogP contribution in [0.25, 0.3) is 0 Å². The summed E-state index contributed by atoms with van der Waals surface area (Å²) in [7, 11) is 0. The molecular weight excluding hydrogens is 302 g/mol. The molecule has 1 aliphatic heterocycles. The predicted octanol–water partition coefficient (Wildman–Crippen LogP) is 1.87. The van der Waals surface area contributed by atoms with E-state index >= 15 is 0 Å². The van der Waals surface area contributed by atoms with Crippen molar-refractivity contribution in [3.05, 3.63) is 47.3 Å². The van der Waals surface area contributed by atoms with E-state index in [1.165, 1.54) is 11.1 Å². The minimum absolute atomic E-state index is 0.0441. The Bertz CT molecular complexity index is 690. The number of aryl methyl sites for hydroxylation is 1. The van der Waals surface area contributed by atoms with Crippen LogP contribution in [-0.4, -0.2) is 40.0 Å². The molecule has 2 aromatic rings. The third-order valence-electron chi connectivity index (χ3n) is 4.59. The van der Waals surface area contributed by atoms with Crippen molar-refractivity contribution in [2.45, 2.75) is 45.2 Å². The summed E-state index contributed by atoms with van der Waals surface area (Å²) >= 11 is 0. The summed E-state index contributed by atoms with van der Waals surface area (Å²) in [4.78, 5) is 12.4. The van der Waals surface area contributed by atoms with Crippen LogP contribution in [0.4, 0.5) is 0 Å². The minimum atomic E-state index is -0.156. The van der Waals surface area contributed by atoms with Crippen molar-refractivity contribution in [1.82, 2.24) is 25.6 Å². The molecule has 1 fully saturated rings. The maximum Gasteiger partial charge on any atom is 0.273 e. The molecule has 1 aromatic carbocycles. The van der Waals surface area contributed by atoms with Crippen molar-refractivity contribution in [3.63, 3.8) is 0 Å². The van der Waals surface area contributed by atoms with Crippen molar-refractivity contribution in [3.8, 4) is 0 Å². The van der Waals surface area contributed by atoms with Crippen LogP contribution < -0.4 is 10.6 Å². The van der Waals surface area contributed by atoms with Crippen LogP contribution in [0.15, 0.2) is 30.5 Å². The highest BCUT2D eigenvalue weighted by atomic mass is 16.2. The van der Waals surface area contributed by atoms with Crippen LogP contribution in [0, 0.1) is 6.92 Å². The Morgan fingerprint density at radius 2 is 2.12 bits per heavy atom. The standard InChI is InChI=1S/C18H25N5O/c1-13-5-3-4-6-15(13)11-14(2)20-18(24)17-12-23(22-21-17)16-7-9-19-10-8-16/h3-6,12,14,16,19H,7-11H2,1-2H3,(H,20,24). The zero-order valence-corrected chi connectivity index (χ0v) is 14.3. The molecule has 0 radical (unpaired) electrons. The summed E-state index contributed by atoms with van der Waals surface area (Å²) in [5.41, 5.74) is 2.89. The molecule has 6 nitrogen and oxygen atoms in total. The van der Waals surface area contributed by atoms with Gasteiger partial charge in [0.25, 0.3) is 5.91 Å². The molecule has 1 aliphatic rings. The third-order valence-corrected chi connectivity index (χ3v) is 4.59. The van der Waals surface area contributed by atoms with E-state index in [4.69, 9.17) is 0 Å². The average Bonchev–Trinajstić information content (AvgIpc) is 3.08. The Balaban J connectivity index is 1.58. The molecule has 1 atom stereocenters. The Kier molecular flexibility index (Phi) is 5.25. The summed E-state index contributed by atoms with van der Waals surface area (Å²) in [5, 5.41) is 14.5. The Labute approximate surface area is 142 Å². The monoisotopic (exact) mass is 327 g/mol. The number of hydrogen-bond donors (Lipinski definition) is 2. The van der Waals surface area contributed by atoms with Crippen molar-refractivity contribution >= 4 is 5.91 Å². The second-order valence-electron chi connectivity index (χ2n) is 6.57. The molecule has 24 heavy (non-hydrogen) atoms. The fraction of sp³-hybridized carbons (Fsp3) is 0.500. The SMILES string of the molecule is Cc1ccccc1CC(C)NC(=O)c1cn(C2CCNCC2)nn1. The number of aromatic nitrogens is 3. The molecule has 6 heteroatoms. The Morgan fingerprint density at radius 3 is 2.88 bits per heavy atom. The quantitative estimate of drug-likeness (QED) is 0.879. The van der Waals surface area contributed by atoms with Gasteiger partial charge in [0.15, 0.2) is 5.69 Å². The average molecular weight is 327 g/mol. The summed E-state index contributed by atoms with van der Waals surface area (Å²) in [6.45, 7) is 6.08. The van der Waals surface area contributed by atoms with Crippen LogP contribution in [-0.2, 0) is 6.42 Å². The molecule has 1 saturated heterocycles. The number of carbonyl (C=O) groups excluding carboxylic acids is 1. The second kappa shape index (κ2) is 7.57. The third kappa shape index (κ3) is 4.00. The fourth-order valence-corrected chi connectivity index (χ4v) is 3.15. The van der Waals surface area contributed by atoms with E-state index in [1.54, 1.807) is 6.20 Å². The summed E-state index contributed by atoms with van der Waals surface area (Å²) in [6, 6.07) is 8.63. The van der Waals surface area contributed by atoms with Gasteiger partial charge in [-0.1, -0.05) is 29.5 Å². The zero-order chi connectivity index (χ0) is 16.9. The number of nitrogens with one attached hydrogen (secondary N) is 2. The summed E-state index contributed by atoms with van der Waals surface area (Å²) in [6.07, 6.45) is 4.62. The van der Waals surface area contributed by atoms with Crippen LogP contribution >= 0.6 is 0 Å². The molecule has 1 unspecified atom stereocenters. The number of benzene rings is 1. The Hall–Kier alpha value is -2.21. The largest absolute Gasteiger partial charge is 0.348 e. The van der Waals surface area contributed by atoms with E-state index in [9.17, 15) is 4.79 Å². The molecule has 0 bridgehead atoms. The van der Waals surface area contributed by atoms with E-state index in [0.717, 1.165) is 32.4 Å². The molecule has 0 saturated carbocycles. The first kappa shape index (κ1) is 16.6. The summed E-state index contributed by atoms with van der Waals surface area (Å²) in [5.74, 6) is -0.156. The fourth-order valence-electron chi connectivity index (χ4n) is 3.15. The smallest absolute Gasteiger partial charge is 0.273 e. The van der Waals surface area contributed by atoms with E-state index in [0.29, 0.717) is 11.7 Å². The molecule has 0 spiro atoms. The molecule has 1 aromatic heterocycles. The van der Waals surface area contributed by atoms with Gasteiger partial charge in [-0.25, -0.2) is 4.68 Å². The van der Waals surface area contributed by atoms with Crippen molar-refractivity contribution in [1.29, 1.82) is 0 Å². The van der Waals surface area contributed by atoms with Crippen molar-refractivity contribution in [2.75, 3.05) is 13.1 Å². The molecule has 2 N–H and O–H groups in total. The Morgan fingerprint density at radius 1 is 1.38 bits per heavy atom. The molecule has 1 amide bonds. The molecular formula is C18H25N5O. The van der Waals surface area contributed by atoms with Crippen molar-refractivity contribution < 1.29 is 4.79 Å². The second-order valence-corrected chi connectivity index (χ2v) is 6.57. The lowest BCUT2D eigenvalue weighted by molar-refractivity contribution is 0.0935. The van der Waals surface area contributed by atoms with Crippen LogP contribution in [0.3, 0.4) is 0 Å². The highest BCUT2D eigenvalue weighted by Crippen LogP contribution is 2.17. The number of rotatable bonds is 5. The maximum atomic E-state index is 12.4. The molecule has 2 heterocycles. The highest BCUT2D eigenvalue weighted by molar-refractivity contribution is 5.92. The lowest BCUT2D eigenvalue weighted by Crippen LogP contribution is -2.34. The van der Waals surface area contributed by atoms with Crippen molar-refractivity contribution in [2.24, 2.45) is 0 Å². The van der Waals surface area contributed by atoms with Gasteiger partial charge in [-0.3, -0.25) is 4.79 Å². The van der Waals surface area contributed by atoms with E-state index in [-0.39, 0.29) is 11.9 Å². The summed E-state index contributed by atoms with van der Waals surface area (Å²) < 4.78 is 1.84. The normalized spacial score (nSPS) is 16.8. The predicted molar refractivity (Wildman–Crippen MR) is 93.0 cm³/mol. The van der Waals surface area contributed by atoms with Crippen LogP contribution in [0.1, 0.15) is 47.4 Å². The van der Waals surface area contributed by atoms with Gasteiger partial charge < -0.3 is 10.6 Å². The molecule has 128 valence electrons. The van der Waals surface area contributed by atoms with Gasteiger partial charge in [0.05, 0.1) is 12.2 Å². The number of amides is 1. The van der Waals surface area contributed by atoms with Gasteiger partial charge in [-0.15, -0.1) is 5.10 Å². The van der Waals surface area contributed by atoms with E-state index < -0.39 is 0 Å². The van der Waals surface area contributed by atoms with Crippen LogP contribution in [0.2, 0.25) is 0 Å². The number of piperidine rings is 1. The van der Waals surface area contributed by atoms with Gasteiger partial charge >= 0.3 is 0 Å². The van der Waals surface area contributed by atoms with Gasteiger partial charge in [0.2, 0.25) is 0 Å². The first-order chi connectivity index (χ1) is 11.6. The number of nitrogens with zero attached hydrogens (tertiary/aromatic N) is 3. The van der Waals surface area contributed by atoms with Gasteiger partial charge in [-0.05, 0) is 57.3 Å². The molecule has 3 rings (SSSR count). The van der Waals surface area contributed by atoms with E-state index in [2.05, 4.69) is 40.0 Å².